The average molecular weight is 439 g/mol. The van der Waals surface area contributed by atoms with Crippen LogP contribution < -0.4 is 9.64 Å². The molecule has 0 bridgehead atoms. The second-order valence-corrected chi connectivity index (χ2v) is 9.36. The molecular formula is C22H25F3N2O2S. The quantitative estimate of drug-likeness (QED) is 0.694. The Hall–Kier alpha value is -2.06. The summed E-state index contributed by atoms with van der Waals surface area (Å²) in [6.07, 6.45) is -1.56. The summed E-state index contributed by atoms with van der Waals surface area (Å²) in [4.78, 5) is 3.04. The molecule has 2 aromatic rings. The Balaban J connectivity index is 1.49. The second kappa shape index (κ2) is 8.23. The van der Waals surface area contributed by atoms with Gasteiger partial charge in [0.2, 0.25) is 0 Å². The number of rotatable bonds is 4. The number of halogens is 3. The molecule has 1 heterocycles. The highest BCUT2D eigenvalue weighted by Gasteiger charge is 2.35. The fourth-order valence-electron chi connectivity index (χ4n) is 4.57. The Kier molecular flexibility index (Phi) is 5.81. The number of hydrogen-bond donors (Lipinski definition) is 0. The van der Waals surface area contributed by atoms with Crippen molar-refractivity contribution in [2.24, 2.45) is 0 Å². The zero-order chi connectivity index (χ0) is 21.5. The van der Waals surface area contributed by atoms with E-state index in [1.54, 1.807) is 12.1 Å². The van der Waals surface area contributed by atoms with E-state index in [1.165, 1.54) is 23.3 Å². The van der Waals surface area contributed by atoms with E-state index in [0.29, 0.717) is 13.1 Å². The lowest BCUT2D eigenvalue weighted by atomic mass is 10.1. The van der Waals surface area contributed by atoms with Gasteiger partial charge in [-0.25, -0.2) is 8.51 Å². The van der Waals surface area contributed by atoms with E-state index in [9.17, 15) is 17.4 Å². The van der Waals surface area contributed by atoms with Gasteiger partial charge in [0, 0.05) is 30.9 Å². The zero-order valence-electron chi connectivity index (χ0n) is 17.0. The lowest BCUT2D eigenvalue weighted by Crippen LogP contribution is -2.57. The predicted octanol–water partition coefficient (Wildman–Crippen LogP) is 4.70. The van der Waals surface area contributed by atoms with Crippen LogP contribution in [0, 0.1) is 0 Å². The molecule has 1 aliphatic carbocycles. The molecule has 3 atom stereocenters. The smallest absolute Gasteiger partial charge is 0.406 e. The van der Waals surface area contributed by atoms with Crippen LogP contribution in [-0.2, 0) is 23.8 Å². The molecule has 1 aliphatic heterocycles. The van der Waals surface area contributed by atoms with Gasteiger partial charge >= 0.3 is 6.36 Å². The van der Waals surface area contributed by atoms with Gasteiger partial charge in [-0.2, -0.15) is 0 Å². The SMILES string of the molecule is CC1CN(c2ccc(OC(F)(F)F)cc2)CC(C)N1S(=O)c1cccc2c1CCC2. The first-order chi connectivity index (χ1) is 14.2. The number of aryl methyl sites for hydroxylation is 1. The molecule has 0 saturated carbocycles. The first-order valence-corrected chi connectivity index (χ1v) is 11.3. The number of piperazine rings is 1. The summed E-state index contributed by atoms with van der Waals surface area (Å²) in [7, 11) is -1.24. The van der Waals surface area contributed by atoms with Gasteiger partial charge in [-0.05, 0) is 74.6 Å². The Morgan fingerprint density at radius 2 is 1.67 bits per heavy atom. The van der Waals surface area contributed by atoms with Crippen molar-refractivity contribution in [3.8, 4) is 5.75 Å². The third-order valence-electron chi connectivity index (χ3n) is 5.76. The molecule has 4 rings (SSSR count). The van der Waals surface area contributed by atoms with E-state index in [2.05, 4.69) is 20.0 Å². The topological polar surface area (TPSA) is 32.8 Å². The molecule has 0 spiro atoms. The van der Waals surface area contributed by atoms with Gasteiger partial charge in [0.05, 0.1) is 4.90 Å². The van der Waals surface area contributed by atoms with Crippen LogP contribution in [0.1, 0.15) is 31.4 Å². The number of fused-ring (bicyclic) bond motifs is 1. The lowest BCUT2D eigenvalue weighted by molar-refractivity contribution is -0.274. The van der Waals surface area contributed by atoms with Crippen LogP contribution in [0.15, 0.2) is 47.4 Å². The normalized spacial score (nSPS) is 23.3. The lowest BCUT2D eigenvalue weighted by Gasteiger charge is -2.44. The fourth-order valence-corrected chi connectivity index (χ4v) is 6.22. The molecular weight excluding hydrogens is 413 g/mol. The maximum Gasteiger partial charge on any atom is 0.573 e. The summed E-state index contributed by atoms with van der Waals surface area (Å²) < 4.78 is 56.6. The maximum atomic E-state index is 13.5. The van der Waals surface area contributed by atoms with E-state index < -0.39 is 17.3 Å². The molecule has 162 valence electrons. The van der Waals surface area contributed by atoms with Crippen LogP contribution in [0.4, 0.5) is 18.9 Å². The van der Waals surface area contributed by atoms with Crippen molar-refractivity contribution in [1.82, 2.24) is 4.31 Å². The van der Waals surface area contributed by atoms with Crippen molar-refractivity contribution < 1.29 is 22.1 Å². The summed E-state index contributed by atoms with van der Waals surface area (Å²) in [5.41, 5.74) is 3.37. The van der Waals surface area contributed by atoms with E-state index in [-0.39, 0.29) is 17.8 Å². The monoisotopic (exact) mass is 438 g/mol. The summed E-state index contributed by atoms with van der Waals surface area (Å²) in [6, 6.07) is 12.1. The molecule has 0 radical (unpaired) electrons. The van der Waals surface area contributed by atoms with E-state index in [4.69, 9.17) is 0 Å². The molecule has 3 unspecified atom stereocenters. The number of anilines is 1. The highest BCUT2D eigenvalue weighted by Crippen LogP contribution is 2.32. The third-order valence-corrected chi connectivity index (χ3v) is 7.62. The van der Waals surface area contributed by atoms with Gasteiger partial charge in [0.1, 0.15) is 16.7 Å². The second-order valence-electron chi connectivity index (χ2n) is 8.00. The maximum absolute atomic E-state index is 13.5. The number of ether oxygens (including phenoxy) is 1. The van der Waals surface area contributed by atoms with Gasteiger partial charge in [0.25, 0.3) is 0 Å². The van der Waals surface area contributed by atoms with E-state index >= 15 is 0 Å². The first-order valence-electron chi connectivity index (χ1n) is 10.1. The summed E-state index contributed by atoms with van der Waals surface area (Å²) in [5, 5.41) is 0. The Labute approximate surface area is 177 Å². The van der Waals surface area contributed by atoms with Crippen molar-refractivity contribution in [1.29, 1.82) is 0 Å². The van der Waals surface area contributed by atoms with E-state index in [1.807, 2.05) is 26.0 Å². The van der Waals surface area contributed by atoms with Crippen molar-refractivity contribution in [3.63, 3.8) is 0 Å². The standard InChI is InChI=1S/C22H25F3N2O2S/c1-15-13-26(18-9-11-19(12-10-18)29-22(23,24)25)14-16(2)27(15)30(28)21-8-4-6-17-5-3-7-20(17)21/h4,6,8-12,15-16H,3,5,7,13-14H2,1-2H3. The molecule has 0 N–H and O–H groups in total. The largest absolute Gasteiger partial charge is 0.573 e. The van der Waals surface area contributed by atoms with Gasteiger partial charge in [-0.3, -0.25) is 0 Å². The zero-order valence-corrected chi connectivity index (χ0v) is 17.8. The first kappa shape index (κ1) is 21.2. The van der Waals surface area contributed by atoms with Crippen molar-refractivity contribution in [3.05, 3.63) is 53.6 Å². The van der Waals surface area contributed by atoms with Crippen LogP contribution in [0.2, 0.25) is 0 Å². The molecule has 2 aliphatic rings. The Morgan fingerprint density at radius 1 is 1.00 bits per heavy atom. The summed E-state index contributed by atoms with van der Waals surface area (Å²) in [5.74, 6) is -0.231. The van der Waals surface area contributed by atoms with Crippen LogP contribution in [0.25, 0.3) is 0 Å². The van der Waals surface area contributed by atoms with Gasteiger partial charge in [-0.15, -0.1) is 13.2 Å². The summed E-state index contributed by atoms with van der Waals surface area (Å²) >= 11 is 0. The number of hydrogen-bond acceptors (Lipinski definition) is 3. The Bertz CT molecular complexity index is 921. The van der Waals surface area contributed by atoms with Crippen LogP contribution >= 0.6 is 0 Å². The van der Waals surface area contributed by atoms with Crippen molar-refractivity contribution in [2.45, 2.75) is 56.5 Å². The molecule has 0 amide bonds. The van der Waals surface area contributed by atoms with Crippen molar-refractivity contribution in [2.75, 3.05) is 18.0 Å². The van der Waals surface area contributed by atoms with Gasteiger partial charge in [0.15, 0.2) is 0 Å². The van der Waals surface area contributed by atoms with Crippen LogP contribution in [0.3, 0.4) is 0 Å². The number of benzene rings is 2. The van der Waals surface area contributed by atoms with E-state index in [0.717, 1.165) is 29.8 Å². The number of nitrogens with zero attached hydrogens (tertiary/aromatic N) is 2. The number of alkyl halides is 3. The van der Waals surface area contributed by atoms with Crippen molar-refractivity contribution >= 4 is 16.7 Å². The molecule has 1 fully saturated rings. The predicted molar refractivity (Wildman–Crippen MR) is 111 cm³/mol. The summed E-state index contributed by atoms with van der Waals surface area (Å²) in [6.45, 7) is 5.38. The van der Waals surface area contributed by atoms with Crippen LogP contribution in [-0.4, -0.2) is 40.0 Å². The highest BCUT2D eigenvalue weighted by atomic mass is 32.2. The highest BCUT2D eigenvalue weighted by molar-refractivity contribution is 7.82. The Morgan fingerprint density at radius 3 is 2.30 bits per heavy atom. The average Bonchev–Trinajstić information content (AvgIpc) is 3.15. The molecule has 30 heavy (non-hydrogen) atoms. The minimum atomic E-state index is -4.70. The van der Waals surface area contributed by atoms with Gasteiger partial charge in [-0.1, -0.05) is 12.1 Å². The van der Waals surface area contributed by atoms with Crippen LogP contribution in [0.5, 0.6) is 5.75 Å². The molecule has 0 aromatic heterocycles. The molecule has 1 saturated heterocycles. The minimum Gasteiger partial charge on any atom is -0.406 e. The third kappa shape index (κ3) is 4.34. The molecule has 8 heteroatoms. The minimum absolute atomic E-state index is 0.0259. The molecule has 4 nitrogen and oxygen atoms in total. The van der Waals surface area contributed by atoms with Gasteiger partial charge < -0.3 is 9.64 Å². The molecule has 2 aromatic carbocycles. The fraction of sp³-hybridized carbons (Fsp3) is 0.455.